The van der Waals surface area contributed by atoms with Crippen LogP contribution < -0.4 is 10.2 Å². The van der Waals surface area contributed by atoms with Gasteiger partial charge in [-0.1, -0.05) is 24.3 Å². The van der Waals surface area contributed by atoms with Crippen molar-refractivity contribution in [1.82, 2.24) is 10.2 Å². The highest BCUT2D eigenvalue weighted by Gasteiger charge is 2.54. The number of piperidine rings is 2. The molecule has 2 aliphatic rings. The van der Waals surface area contributed by atoms with Gasteiger partial charge in [-0.15, -0.1) is 0 Å². The van der Waals surface area contributed by atoms with E-state index in [-0.39, 0.29) is 35.4 Å². The molecule has 2 fully saturated rings. The van der Waals surface area contributed by atoms with E-state index < -0.39 is 11.5 Å². The third-order valence-corrected chi connectivity index (χ3v) is 7.50. The van der Waals surface area contributed by atoms with Gasteiger partial charge in [0.25, 0.3) is 0 Å². The second-order valence-electron chi connectivity index (χ2n) is 10.2. The number of Topliss-reactive ketones (excluding diaryl/α,β-unsaturated/α-hetero) is 1. The molecule has 5 nitrogen and oxygen atoms in total. The number of nitrogens with zero attached hydrogens (tertiary/aromatic N) is 1. The Morgan fingerprint density at radius 1 is 1.21 bits per heavy atom. The van der Waals surface area contributed by atoms with Crippen molar-refractivity contribution in [2.24, 2.45) is 5.92 Å². The highest BCUT2D eigenvalue weighted by atomic mass is 19.1. The number of nitrogens with one attached hydrogen (secondary N) is 1. The van der Waals surface area contributed by atoms with Crippen LogP contribution in [-0.2, 0) is 0 Å². The molecule has 0 aromatic heterocycles. The maximum Gasteiger partial charge on any atom is 0.172 e. The van der Waals surface area contributed by atoms with Crippen molar-refractivity contribution in [2.75, 3.05) is 19.6 Å². The van der Waals surface area contributed by atoms with Crippen LogP contribution in [0.2, 0.25) is 0 Å². The predicted octanol–water partition coefficient (Wildman–Crippen LogP) is 3.86. The van der Waals surface area contributed by atoms with Gasteiger partial charge in [0.2, 0.25) is 0 Å². The lowest BCUT2D eigenvalue weighted by atomic mass is 9.70. The summed E-state index contributed by atoms with van der Waals surface area (Å²) in [6.45, 7) is 7.70. The van der Waals surface area contributed by atoms with Crippen molar-refractivity contribution in [3.8, 4) is 5.75 Å². The molecule has 2 aromatic carbocycles. The lowest BCUT2D eigenvalue weighted by molar-refractivity contribution is -0.0280. The van der Waals surface area contributed by atoms with Crippen LogP contribution in [0.25, 0.3) is 0 Å². The number of halogens is 1. The van der Waals surface area contributed by atoms with Crippen LogP contribution in [0.5, 0.6) is 5.75 Å². The lowest BCUT2D eigenvalue weighted by Crippen LogP contribution is -2.65. The van der Waals surface area contributed by atoms with Gasteiger partial charge < -0.3 is 15.5 Å². The number of phenols is 1. The molecular formula is C27H35FN2O3+. The first kappa shape index (κ1) is 23.9. The predicted molar refractivity (Wildman–Crippen MR) is 127 cm³/mol. The van der Waals surface area contributed by atoms with Crippen LogP contribution in [0.4, 0.5) is 4.39 Å². The molecule has 4 rings (SSSR count). The van der Waals surface area contributed by atoms with Gasteiger partial charge >= 0.3 is 0 Å². The third-order valence-electron chi connectivity index (χ3n) is 7.50. The van der Waals surface area contributed by atoms with Crippen LogP contribution in [0.15, 0.2) is 42.5 Å². The molecule has 177 valence electrons. The van der Waals surface area contributed by atoms with Gasteiger partial charge in [0.15, 0.2) is 11.8 Å². The van der Waals surface area contributed by atoms with Gasteiger partial charge in [-0.05, 0) is 63.1 Å². The average Bonchev–Trinajstić information content (AvgIpc) is 2.79. The molecule has 1 radical (unpaired) electrons. The summed E-state index contributed by atoms with van der Waals surface area (Å²) in [5.41, 5.74) is 0.862. The Kier molecular flexibility index (Phi) is 6.89. The smallest absolute Gasteiger partial charge is 0.172 e. The van der Waals surface area contributed by atoms with E-state index in [0.29, 0.717) is 24.1 Å². The number of phenolic OH excluding ortho intramolecular Hbond substituents is 1. The summed E-state index contributed by atoms with van der Waals surface area (Å²) in [4.78, 5) is 16.1. The maximum atomic E-state index is 14.6. The molecule has 0 saturated carbocycles. The molecule has 0 spiro atoms. The van der Waals surface area contributed by atoms with Crippen molar-refractivity contribution in [3.63, 3.8) is 0 Å². The molecule has 0 bridgehead atoms. The molecule has 2 aliphatic heterocycles. The first-order chi connectivity index (χ1) is 15.7. The number of ketones is 1. The van der Waals surface area contributed by atoms with Crippen molar-refractivity contribution >= 4 is 5.78 Å². The summed E-state index contributed by atoms with van der Waals surface area (Å²) in [6, 6.07) is 11.6. The van der Waals surface area contributed by atoms with Crippen LogP contribution in [0.3, 0.4) is 0 Å². The van der Waals surface area contributed by atoms with Crippen molar-refractivity contribution in [2.45, 2.75) is 63.6 Å². The minimum atomic E-state index is -0.976. The first-order valence-electron chi connectivity index (χ1n) is 11.9. The zero-order valence-corrected chi connectivity index (χ0v) is 19.7. The molecule has 0 amide bonds. The van der Waals surface area contributed by atoms with E-state index in [2.05, 4.69) is 10.2 Å². The third kappa shape index (κ3) is 4.98. The van der Waals surface area contributed by atoms with Crippen molar-refractivity contribution < 1.29 is 19.4 Å². The monoisotopic (exact) mass is 454 g/mol. The fraction of sp³-hybridized carbons (Fsp3) is 0.519. The van der Waals surface area contributed by atoms with E-state index >= 15 is 0 Å². The highest BCUT2D eigenvalue weighted by molar-refractivity contribution is 5.99. The van der Waals surface area contributed by atoms with E-state index in [1.807, 2.05) is 19.9 Å². The summed E-state index contributed by atoms with van der Waals surface area (Å²) in [5.74, 6) is -0.928. The standard InChI is InChI=1S/C27H35FN2O3/c1-17-21(10-5-11-24(17)28)22-14-25(27(2,3)33)30(19-8-6-12-29-15-19)16-23(22)26(32)18-7-4-9-20(31)13-18/h4-5,7,9-11,13,19,22-23,25,29,31,33H,6,8,12,14-16H2,1-3H3/q+1/t19?,22-,23-,25-/m0/s1. The Balaban J connectivity index is 1.78. The van der Waals surface area contributed by atoms with Gasteiger partial charge in [0.05, 0.1) is 12.5 Å². The average molecular weight is 455 g/mol. The molecule has 33 heavy (non-hydrogen) atoms. The Hall–Kier alpha value is -2.28. The fourth-order valence-corrected chi connectivity index (χ4v) is 5.74. The molecule has 2 saturated heterocycles. The number of hydrogen-bond donors (Lipinski definition) is 3. The first-order valence-corrected chi connectivity index (χ1v) is 11.9. The van der Waals surface area contributed by atoms with Crippen LogP contribution in [0.1, 0.15) is 60.5 Å². The van der Waals surface area contributed by atoms with Crippen LogP contribution >= 0.6 is 0 Å². The van der Waals surface area contributed by atoms with E-state index in [4.69, 9.17) is 0 Å². The molecular weight excluding hydrogens is 419 g/mol. The minimum Gasteiger partial charge on any atom is -0.508 e. The highest BCUT2D eigenvalue weighted by Crippen LogP contribution is 2.42. The van der Waals surface area contributed by atoms with Gasteiger partial charge in [-0.2, -0.15) is 4.90 Å². The van der Waals surface area contributed by atoms with Gasteiger partial charge in [0.1, 0.15) is 29.8 Å². The zero-order valence-electron chi connectivity index (χ0n) is 19.7. The largest absolute Gasteiger partial charge is 0.508 e. The molecule has 0 aliphatic carbocycles. The normalized spacial score (nSPS) is 26.8. The Morgan fingerprint density at radius 3 is 2.64 bits per heavy atom. The van der Waals surface area contributed by atoms with Crippen LogP contribution in [0, 0.1) is 18.7 Å². The van der Waals surface area contributed by atoms with Crippen molar-refractivity contribution in [3.05, 3.63) is 65.0 Å². The van der Waals surface area contributed by atoms with Gasteiger partial charge in [-0.25, -0.2) is 4.39 Å². The van der Waals surface area contributed by atoms with E-state index in [0.717, 1.165) is 31.5 Å². The fourth-order valence-electron chi connectivity index (χ4n) is 5.74. The number of likely N-dealkylation sites (tertiary alicyclic amines) is 1. The second kappa shape index (κ2) is 9.53. The molecule has 2 aromatic rings. The molecule has 4 atom stereocenters. The van der Waals surface area contributed by atoms with E-state index in [9.17, 15) is 19.4 Å². The topological polar surface area (TPSA) is 75.5 Å². The zero-order chi connectivity index (χ0) is 23.8. The summed E-state index contributed by atoms with van der Waals surface area (Å²) in [7, 11) is 0. The number of carbonyl (C=O) groups excluding carboxylic acids is 1. The molecule has 2 heterocycles. The van der Waals surface area contributed by atoms with Crippen LogP contribution in [-0.4, -0.2) is 53.3 Å². The maximum absolute atomic E-state index is 14.6. The Morgan fingerprint density at radius 2 is 1.97 bits per heavy atom. The number of carbonyl (C=O) groups is 1. The summed E-state index contributed by atoms with van der Waals surface area (Å²) in [6.07, 6.45) is 2.62. The number of benzene rings is 2. The molecule has 6 heteroatoms. The Labute approximate surface area is 195 Å². The summed E-state index contributed by atoms with van der Waals surface area (Å²) >= 11 is 0. The SMILES string of the molecule is Cc1c(F)cccc1[C@@H]1C[C@@H](C(C)(C)O)[N+](C2CCCNC2)C[C@@H]1C(=O)c1cccc(O)c1. The summed E-state index contributed by atoms with van der Waals surface area (Å²) < 4.78 is 14.6. The number of aliphatic hydroxyl groups is 1. The van der Waals surface area contributed by atoms with E-state index in [1.54, 1.807) is 31.2 Å². The number of hydrogen-bond acceptors (Lipinski definition) is 5. The second-order valence-corrected chi connectivity index (χ2v) is 10.2. The number of aromatic hydroxyl groups is 1. The van der Waals surface area contributed by atoms with Gasteiger partial charge in [-0.3, -0.25) is 4.79 Å². The van der Waals surface area contributed by atoms with E-state index in [1.165, 1.54) is 12.1 Å². The van der Waals surface area contributed by atoms with Gasteiger partial charge in [0, 0.05) is 24.3 Å². The molecule has 1 unspecified atom stereocenters. The number of rotatable bonds is 5. The lowest BCUT2D eigenvalue weighted by Gasteiger charge is -2.44. The quantitative estimate of drug-likeness (QED) is 0.474. The Bertz CT molecular complexity index is 997. The summed E-state index contributed by atoms with van der Waals surface area (Å²) in [5, 5.41) is 24.6. The minimum absolute atomic E-state index is 0.0532. The molecule has 3 N–H and O–H groups in total. The van der Waals surface area contributed by atoms with Crippen molar-refractivity contribution in [1.29, 1.82) is 0 Å².